The normalized spacial score (nSPS) is 13.1. The van der Waals surface area contributed by atoms with Gasteiger partial charge >= 0.3 is 0 Å². The fraction of sp³-hybridized carbons (Fsp3) is 0.286. The number of benzene rings is 1. The van der Waals surface area contributed by atoms with E-state index in [2.05, 4.69) is 9.82 Å². The van der Waals surface area contributed by atoms with E-state index in [4.69, 9.17) is 0 Å². The van der Waals surface area contributed by atoms with Gasteiger partial charge in [-0.25, -0.2) is 13.1 Å². The standard InChI is InChI=1S/C14H17N3O3S/c1-10-9-11(2)17(15-10)14(18)12(3)16-21(19,20)13-7-5-4-6-8-13/h4-9,12,16H,1-3H3/t12-/m0/s1. The van der Waals surface area contributed by atoms with Gasteiger partial charge in [-0.15, -0.1) is 0 Å². The van der Waals surface area contributed by atoms with Crippen LogP contribution >= 0.6 is 0 Å². The molecular formula is C14H17N3O3S. The van der Waals surface area contributed by atoms with Gasteiger partial charge in [0.15, 0.2) is 0 Å². The molecule has 0 radical (unpaired) electrons. The lowest BCUT2D eigenvalue weighted by Crippen LogP contribution is -2.41. The number of hydrogen-bond acceptors (Lipinski definition) is 4. The van der Waals surface area contributed by atoms with E-state index in [9.17, 15) is 13.2 Å². The van der Waals surface area contributed by atoms with Crippen LogP contribution in [-0.2, 0) is 10.0 Å². The van der Waals surface area contributed by atoms with Crippen LogP contribution in [0.1, 0.15) is 23.1 Å². The summed E-state index contributed by atoms with van der Waals surface area (Å²) in [4.78, 5) is 12.4. The van der Waals surface area contributed by atoms with Crippen molar-refractivity contribution in [2.45, 2.75) is 31.7 Å². The number of carbonyl (C=O) groups is 1. The van der Waals surface area contributed by atoms with Crippen molar-refractivity contribution in [2.24, 2.45) is 0 Å². The molecule has 0 saturated heterocycles. The topological polar surface area (TPSA) is 81.1 Å². The van der Waals surface area contributed by atoms with E-state index in [1.54, 1.807) is 38.1 Å². The van der Waals surface area contributed by atoms with E-state index in [0.717, 1.165) is 0 Å². The second-order valence-corrected chi connectivity index (χ2v) is 6.55. The monoisotopic (exact) mass is 307 g/mol. The molecule has 1 atom stereocenters. The van der Waals surface area contributed by atoms with E-state index in [1.165, 1.54) is 23.7 Å². The molecule has 0 saturated carbocycles. The molecule has 0 spiro atoms. The predicted molar refractivity (Wildman–Crippen MR) is 78.6 cm³/mol. The van der Waals surface area contributed by atoms with Crippen LogP contribution in [-0.4, -0.2) is 30.1 Å². The molecule has 0 amide bonds. The van der Waals surface area contributed by atoms with E-state index < -0.39 is 22.0 Å². The van der Waals surface area contributed by atoms with Gasteiger partial charge in [-0.05, 0) is 39.0 Å². The van der Waals surface area contributed by atoms with Crippen LogP contribution in [0.25, 0.3) is 0 Å². The molecule has 112 valence electrons. The maximum Gasteiger partial charge on any atom is 0.264 e. The summed E-state index contributed by atoms with van der Waals surface area (Å²) >= 11 is 0. The average molecular weight is 307 g/mol. The first kappa shape index (κ1) is 15.4. The number of carbonyl (C=O) groups excluding carboxylic acids is 1. The Labute approximate surface area is 123 Å². The fourth-order valence-corrected chi connectivity index (χ4v) is 3.20. The number of nitrogens with one attached hydrogen (secondary N) is 1. The zero-order valence-corrected chi connectivity index (χ0v) is 12.9. The minimum atomic E-state index is -3.73. The van der Waals surface area contributed by atoms with Gasteiger partial charge in [-0.2, -0.15) is 9.82 Å². The molecule has 0 bridgehead atoms. The third-order valence-corrected chi connectivity index (χ3v) is 4.53. The molecule has 0 unspecified atom stereocenters. The Kier molecular flexibility index (Phi) is 4.24. The van der Waals surface area contributed by atoms with Crippen molar-refractivity contribution >= 4 is 15.9 Å². The van der Waals surface area contributed by atoms with Crippen LogP contribution in [0.2, 0.25) is 0 Å². The van der Waals surface area contributed by atoms with E-state index in [-0.39, 0.29) is 4.90 Å². The van der Waals surface area contributed by atoms with Crippen molar-refractivity contribution in [3.8, 4) is 0 Å². The lowest BCUT2D eigenvalue weighted by molar-refractivity contribution is 0.0860. The fourth-order valence-electron chi connectivity index (χ4n) is 1.99. The Balaban J connectivity index is 2.20. The molecule has 0 aliphatic heterocycles. The Morgan fingerprint density at radius 3 is 2.38 bits per heavy atom. The molecule has 6 nitrogen and oxygen atoms in total. The van der Waals surface area contributed by atoms with Crippen LogP contribution < -0.4 is 4.72 Å². The minimum Gasteiger partial charge on any atom is -0.271 e. The summed E-state index contributed by atoms with van der Waals surface area (Å²) in [6.07, 6.45) is 0. The summed E-state index contributed by atoms with van der Waals surface area (Å²) in [5, 5.41) is 4.07. The lowest BCUT2D eigenvalue weighted by atomic mass is 10.3. The number of aryl methyl sites for hydroxylation is 2. The SMILES string of the molecule is Cc1cc(C)n(C(=O)[C@H](C)NS(=O)(=O)c2ccccc2)n1. The first-order valence-electron chi connectivity index (χ1n) is 6.46. The summed E-state index contributed by atoms with van der Waals surface area (Å²) in [6, 6.07) is 8.78. The van der Waals surface area contributed by atoms with Gasteiger partial charge in [0.05, 0.1) is 10.6 Å². The van der Waals surface area contributed by atoms with Crippen molar-refractivity contribution in [1.29, 1.82) is 0 Å². The summed E-state index contributed by atoms with van der Waals surface area (Å²) in [5.74, 6) is -0.417. The Morgan fingerprint density at radius 1 is 1.24 bits per heavy atom. The van der Waals surface area contributed by atoms with Crippen LogP contribution in [0.4, 0.5) is 0 Å². The number of aromatic nitrogens is 2. The molecule has 2 rings (SSSR count). The lowest BCUT2D eigenvalue weighted by Gasteiger charge is -2.14. The number of hydrogen-bond donors (Lipinski definition) is 1. The zero-order valence-electron chi connectivity index (χ0n) is 12.1. The Bertz CT molecular complexity index is 751. The summed E-state index contributed by atoms with van der Waals surface area (Å²) in [6.45, 7) is 5.02. The van der Waals surface area contributed by atoms with Gasteiger partial charge in [0.2, 0.25) is 10.0 Å². The second kappa shape index (κ2) is 5.79. The van der Waals surface area contributed by atoms with E-state index >= 15 is 0 Å². The number of rotatable bonds is 4. The van der Waals surface area contributed by atoms with Crippen molar-refractivity contribution in [3.05, 3.63) is 47.8 Å². The molecule has 7 heteroatoms. The van der Waals surface area contributed by atoms with Crippen molar-refractivity contribution in [2.75, 3.05) is 0 Å². The third kappa shape index (κ3) is 3.37. The number of nitrogens with zero attached hydrogens (tertiary/aromatic N) is 2. The first-order chi connectivity index (χ1) is 9.81. The van der Waals surface area contributed by atoms with Crippen molar-refractivity contribution in [1.82, 2.24) is 14.5 Å². The van der Waals surface area contributed by atoms with E-state index in [0.29, 0.717) is 11.4 Å². The van der Waals surface area contributed by atoms with Crippen LogP contribution in [0.5, 0.6) is 0 Å². The second-order valence-electron chi connectivity index (χ2n) is 4.83. The molecule has 21 heavy (non-hydrogen) atoms. The highest BCUT2D eigenvalue weighted by Gasteiger charge is 2.24. The van der Waals surface area contributed by atoms with Gasteiger partial charge in [0.1, 0.15) is 6.04 Å². The maximum atomic E-state index is 12.3. The number of sulfonamides is 1. The first-order valence-corrected chi connectivity index (χ1v) is 7.94. The molecule has 0 fully saturated rings. The van der Waals surface area contributed by atoms with Gasteiger partial charge in [0.25, 0.3) is 5.91 Å². The average Bonchev–Trinajstić information content (AvgIpc) is 2.77. The quantitative estimate of drug-likeness (QED) is 0.928. The molecule has 2 aromatic rings. The largest absolute Gasteiger partial charge is 0.271 e. The Hall–Kier alpha value is -1.99. The Morgan fingerprint density at radius 2 is 1.86 bits per heavy atom. The summed E-state index contributed by atoms with van der Waals surface area (Å²) < 4.78 is 27.9. The molecule has 1 N–H and O–H groups in total. The van der Waals surface area contributed by atoms with Crippen molar-refractivity contribution in [3.63, 3.8) is 0 Å². The minimum absolute atomic E-state index is 0.123. The smallest absolute Gasteiger partial charge is 0.264 e. The molecule has 0 aliphatic rings. The molecule has 1 aromatic carbocycles. The summed E-state index contributed by atoms with van der Waals surface area (Å²) in [7, 11) is -3.73. The van der Waals surface area contributed by atoms with Crippen LogP contribution in [0.15, 0.2) is 41.3 Å². The predicted octanol–water partition coefficient (Wildman–Crippen LogP) is 1.51. The van der Waals surface area contributed by atoms with Gasteiger partial charge < -0.3 is 0 Å². The highest BCUT2D eigenvalue weighted by molar-refractivity contribution is 7.89. The highest BCUT2D eigenvalue weighted by atomic mass is 32.2. The summed E-state index contributed by atoms with van der Waals surface area (Å²) in [5.41, 5.74) is 1.38. The van der Waals surface area contributed by atoms with Gasteiger partial charge in [0, 0.05) is 5.69 Å². The molecule has 1 heterocycles. The van der Waals surface area contributed by atoms with E-state index in [1.807, 2.05) is 0 Å². The van der Waals surface area contributed by atoms with Gasteiger partial charge in [-0.3, -0.25) is 4.79 Å². The zero-order chi connectivity index (χ0) is 15.6. The van der Waals surface area contributed by atoms with Crippen molar-refractivity contribution < 1.29 is 13.2 Å². The van der Waals surface area contributed by atoms with Crippen LogP contribution in [0.3, 0.4) is 0 Å². The molecular weight excluding hydrogens is 290 g/mol. The maximum absolute atomic E-state index is 12.3. The third-order valence-electron chi connectivity index (χ3n) is 2.97. The van der Waals surface area contributed by atoms with Gasteiger partial charge in [-0.1, -0.05) is 18.2 Å². The molecule has 1 aromatic heterocycles. The highest BCUT2D eigenvalue weighted by Crippen LogP contribution is 2.09. The van der Waals surface area contributed by atoms with Crippen LogP contribution in [0, 0.1) is 13.8 Å². The molecule has 0 aliphatic carbocycles.